The average Bonchev–Trinajstić information content (AvgIpc) is 2.79. The number of fused-ring (bicyclic) bond motifs is 1. The van der Waals surface area contributed by atoms with Crippen LogP contribution in [0.5, 0.6) is 11.5 Å². The van der Waals surface area contributed by atoms with Gasteiger partial charge in [0.2, 0.25) is 10.0 Å². The van der Waals surface area contributed by atoms with E-state index in [1.807, 2.05) is 0 Å². The number of amides is 1. The summed E-state index contributed by atoms with van der Waals surface area (Å²) in [6, 6.07) is 8.62. The fourth-order valence-corrected chi connectivity index (χ4v) is 5.65. The normalized spacial score (nSPS) is 17.8. The number of ether oxygens (including phenoxy) is 2. The standard InChI is InChI=1S/C20H20N2O8S2/c1-28-18-4-2-15(13-19(18)32(26,27)22-7-9-29-10-8-22)20(23)21-16-3-5-17-14(12-16)6-11-31(24,25)30-17/h2-6,11-13H,7-10H2,1H3,(H,21,23). The number of rotatable bonds is 5. The van der Waals surface area contributed by atoms with Gasteiger partial charge in [0.05, 0.1) is 25.7 Å². The van der Waals surface area contributed by atoms with Crippen molar-refractivity contribution >= 4 is 37.8 Å². The van der Waals surface area contributed by atoms with Crippen LogP contribution in [0.1, 0.15) is 15.9 Å². The highest BCUT2D eigenvalue weighted by molar-refractivity contribution is 7.90. The van der Waals surface area contributed by atoms with E-state index in [4.69, 9.17) is 13.7 Å². The highest BCUT2D eigenvalue weighted by Crippen LogP contribution is 2.31. The molecule has 0 unspecified atom stereocenters. The van der Waals surface area contributed by atoms with Gasteiger partial charge in [-0.05, 0) is 42.5 Å². The summed E-state index contributed by atoms with van der Waals surface area (Å²) in [5, 5.41) is 3.60. The highest BCUT2D eigenvalue weighted by atomic mass is 32.2. The Kier molecular flexibility index (Phi) is 5.95. The minimum atomic E-state index is -3.89. The lowest BCUT2D eigenvalue weighted by Gasteiger charge is -2.26. The first kappa shape index (κ1) is 22.3. The van der Waals surface area contributed by atoms with Gasteiger partial charge in [-0.3, -0.25) is 4.79 Å². The van der Waals surface area contributed by atoms with Crippen molar-refractivity contribution in [2.75, 3.05) is 38.7 Å². The zero-order chi connectivity index (χ0) is 22.9. The van der Waals surface area contributed by atoms with E-state index >= 15 is 0 Å². The van der Waals surface area contributed by atoms with Crippen LogP contribution in [0.15, 0.2) is 46.7 Å². The van der Waals surface area contributed by atoms with Gasteiger partial charge in [-0.25, -0.2) is 8.42 Å². The summed E-state index contributed by atoms with van der Waals surface area (Å²) in [5.74, 6) is -0.265. The lowest BCUT2D eigenvalue weighted by Crippen LogP contribution is -2.40. The Balaban J connectivity index is 1.60. The number of nitrogens with zero attached hydrogens (tertiary/aromatic N) is 1. The predicted octanol–water partition coefficient (Wildman–Crippen LogP) is 1.66. The molecule has 2 aromatic carbocycles. The lowest BCUT2D eigenvalue weighted by atomic mass is 10.1. The molecule has 0 aromatic heterocycles. The summed E-state index contributed by atoms with van der Waals surface area (Å²) in [5.41, 5.74) is 0.974. The van der Waals surface area contributed by atoms with Gasteiger partial charge in [0.1, 0.15) is 16.4 Å². The molecular weight excluding hydrogens is 460 g/mol. The molecule has 1 amide bonds. The van der Waals surface area contributed by atoms with Crippen LogP contribution in [-0.4, -0.2) is 60.5 Å². The summed E-state index contributed by atoms with van der Waals surface area (Å²) in [7, 11) is -6.29. The lowest BCUT2D eigenvalue weighted by molar-refractivity contribution is 0.0729. The summed E-state index contributed by atoms with van der Waals surface area (Å²) in [6.07, 6.45) is 1.37. The quantitative estimate of drug-likeness (QED) is 0.640. The summed E-state index contributed by atoms with van der Waals surface area (Å²) >= 11 is 0. The molecular formula is C20H20N2O8S2. The van der Waals surface area contributed by atoms with Crippen LogP contribution in [-0.2, 0) is 24.9 Å². The number of nitrogens with one attached hydrogen (secondary N) is 1. The van der Waals surface area contributed by atoms with E-state index in [0.717, 1.165) is 5.41 Å². The van der Waals surface area contributed by atoms with Crippen molar-refractivity contribution in [1.29, 1.82) is 0 Å². The molecule has 0 bridgehead atoms. The van der Waals surface area contributed by atoms with Gasteiger partial charge in [-0.1, -0.05) is 0 Å². The first-order valence-corrected chi connectivity index (χ1v) is 12.4. The SMILES string of the molecule is COc1ccc(C(=O)Nc2ccc3c(c2)C=CS(=O)(=O)O3)cc1S(=O)(=O)N1CCOCC1. The van der Waals surface area contributed by atoms with Gasteiger partial charge >= 0.3 is 10.1 Å². The van der Waals surface area contributed by atoms with E-state index in [0.29, 0.717) is 24.5 Å². The zero-order valence-electron chi connectivity index (χ0n) is 17.0. The van der Waals surface area contributed by atoms with Crippen molar-refractivity contribution in [3.8, 4) is 11.5 Å². The number of methoxy groups -OCH3 is 1. The molecule has 0 spiro atoms. The smallest absolute Gasteiger partial charge is 0.332 e. The van der Waals surface area contributed by atoms with E-state index in [2.05, 4.69) is 5.32 Å². The van der Waals surface area contributed by atoms with E-state index in [1.165, 1.54) is 47.8 Å². The van der Waals surface area contributed by atoms with E-state index in [9.17, 15) is 21.6 Å². The Hall–Kier alpha value is -2.93. The summed E-state index contributed by atoms with van der Waals surface area (Å²) in [4.78, 5) is 12.7. The number of benzene rings is 2. The number of morpholine rings is 1. The van der Waals surface area contributed by atoms with E-state index < -0.39 is 26.0 Å². The van der Waals surface area contributed by atoms with Gasteiger partial charge in [0.25, 0.3) is 5.91 Å². The number of carbonyl (C=O) groups is 1. The molecule has 1 saturated heterocycles. The van der Waals surface area contributed by atoms with Gasteiger partial charge in [-0.2, -0.15) is 12.7 Å². The minimum Gasteiger partial charge on any atom is -0.495 e. The molecule has 2 aliphatic heterocycles. The maximum atomic E-state index is 13.1. The van der Waals surface area contributed by atoms with Gasteiger partial charge in [0, 0.05) is 29.9 Å². The first-order valence-electron chi connectivity index (χ1n) is 9.53. The Labute approximate surface area is 185 Å². The topological polar surface area (TPSA) is 128 Å². The second kappa shape index (κ2) is 8.54. The van der Waals surface area contributed by atoms with Crippen molar-refractivity contribution < 1.29 is 35.3 Å². The molecule has 32 heavy (non-hydrogen) atoms. The molecule has 0 radical (unpaired) electrons. The molecule has 2 heterocycles. The fraction of sp³-hybridized carbons (Fsp3) is 0.250. The largest absolute Gasteiger partial charge is 0.495 e. The van der Waals surface area contributed by atoms with Gasteiger partial charge < -0.3 is 19.0 Å². The molecule has 2 aliphatic rings. The molecule has 10 nitrogen and oxygen atoms in total. The van der Waals surface area contributed by atoms with Gasteiger partial charge in [0.15, 0.2) is 0 Å². The van der Waals surface area contributed by atoms with Crippen LogP contribution >= 0.6 is 0 Å². The molecule has 0 atom stereocenters. The number of anilines is 1. The van der Waals surface area contributed by atoms with Crippen LogP contribution in [0.3, 0.4) is 0 Å². The Morgan fingerprint density at radius 3 is 2.59 bits per heavy atom. The third-order valence-electron chi connectivity index (χ3n) is 4.90. The highest BCUT2D eigenvalue weighted by Gasteiger charge is 2.30. The average molecular weight is 481 g/mol. The number of carbonyl (C=O) groups excluding carboxylic acids is 1. The third kappa shape index (κ3) is 4.48. The molecule has 12 heteroatoms. The van der Waals surface area contributed by atoms with Crippen molar-refractivity contribution in [1.82, 2.24) is 4.31 Å². The van der Waals surface area contributed by atoms with Crippen LogP contribution in [0.25, 0.3) is 6.08 Å². The van der Waals surface area contributed by atoms with E-state index in [1.54, 1.807) is 6.07 Å². The van der Waals surface area contributed by atoms with Crippen molar-refractivity contribution in [2.45, 2.75) is 4.90 Å². The minimum absolute atomic E-state index is 0.110. The number of sulfonamides is 1. The van der Waals surface area contributed by atoms with Gasteiger partial charge in [-0.15, -0.1) is 0 Å². The van der Waals surface area contributed by atoms with Crippen LogP contribution in [0, 0.1) is 0 Å². The van der Waals surface area contributed by atoms with Crippen LogP contribution in [0.4, 0.5) is 5.69 Å². The Bertz CT molecular complexity index is 1300. The Morgan fingerprint density at radius 1 is 1.12 bits per heavy atom. The second-order valence-corrected chi connectivity index (χ2v) is 10.3. The van der Waals surface area contributed by atoms with Crippen molar-refractivity contribution in [3.63, 3.8) is 0 Å². The third-order valence-corrected chi connectivity index (χ3v) is 7.70. The fourth-order valence-electron chi connectivity index (χ4n) is 3.29. The predicted molar refractivity (Wildman–Crippen MR) is 116 cm³/mol. The molecule has 1 fully saturated rings. The maximum absolute atomic E-state index is 13.1. The number of hydrogen-bond acceptors (Lipinski definition) is 8. The molecule has 170 valence electrons. The van der Waals surface area contributed by atoms with Crippen LogP contribution in [0.2, 0.25) is 0 Å². The molecule has 0 aliphatic carbocycles. The first-order chi connectivity index (χ1) is 15.2. The Morgan fingerprint density at radius 2 is 1.88 bits per heavy atom. The second-order valence-electron chi connectivity index (χ2n) is 6.97. The molecule has 2 aromatic rings. The summed E-state index contributed by atoms with van der Waals surface area (Å²) in [6.45, 7) is 1.00. The maximum Gasteiger partial charge on any atom is 0.332 e. The number of hydrogen-bond donors (Lipinski definition) is 1. The monoisotopic (exact) mass is 480 g/mol. The molecule has 0 saturated carbocycles. The molecule has 4 rings (SSSR count). The van der Waals surface area contributed by atoms with E-state index in [-0.39, 0.29) is 35.0 Å². The van der Waals surface area contributed by atoms with Crippen molar-refractivity contribution in [2.24, 2.45) is 0 Å². The van der Waals surface area contributed by atoms with Crippen LogP contribution < -0.4 is 14.2 Å². The van der Waals surface area contributed by atoms with Crippen molar-refractivity contribution in [3.05, 3.63) is 52.9 Å². The molecule has 1 N–H and O–H groups in total. The summed E-state index contributed by atoms with van der Waals surface area (Å²) < 4.78 is 65.8. The zero-order valence-corrected chi connectivity index (χ0v) is 18.6.